The Morgan fingerprint density at radius 1 is 1.00 bits per heavy atom. The zero-order valence-electron chi connectivity index (χ0n) is 25.6. The standard InChI is InChI=1S/C35H42N2O5/c1-8-30(42-35(40)22(6)7)23-13-16-26(29(19-23)34(38)39)33-27-17-14-24(36(9-2)10-3)20-31(27)41-32-21-25(15-18-28(32)33)37(11-4)12-5/h13-21,24,30H,6,8-12H2,1-5,7H3,(H,38,39). The summed E-state index contributed by atoms with van der Waals surface area (Å²) in [6.45, 7) is 19.2. The average molecular weight is 571 g/mol. The molecule has 1 heterocycles. The zero-order chi connectivity index (χ0) is 30.6. The van der Waals surface area contributed by atoms with Crippen molar-refractivity contribution in [1.82, 2.24) is 4.90 Å². The molecule has 0 amide bonds. The number of anilines is 1. The molecule has 2 aromatic carbocycles. The SMILES string of the molecule is C=C(C)C(=O)OC(CC)c1ccc(C2=C3C=CC(N(CC)CC)C=C3Oc3cc(N(CC)CC)ccc32)c(C(=O)O)c1. The van der Waals surface area contributed by atoms with E-state index in [-0.39, 0.29) is 11.6 Å². The van der Waals surface area contributed by atoms with Crippen LogP contribution in [0.1, 0.15) is 81.1 Å². The van der Waals surface area contributed by atoms with Crippen molar-refractivity contribution in [1.29, 1.82) is 0 Å². The Kier molecular flexibility index (Phi) is 9.74. The number of hydrogen-bond donors (Lipinski definition) is 1. The molecule has 1 aliphatic carbocycles. The van der Waals surface area contributed by atoms with Gasteiger partial charge in [0.2, 0.25) is 0 Å². The monoisotopic (exact) mass is 570 g/mol. The second-order valence-corrected chi connectivity index (χ2v) is 10.5. The summed E-state index contributed by atoms with van der Waals surface area (Å²) in [6, 6.07) is 11.5. The topological polar surface area (TPSA) is 79.3 Å². The molecule has 2 atom stereocenters. The van der Waals surface area contributed by atoms with Crippen molar-refractivity contribution < 1.29 is 24.2 Å². The summed E-state index contributed by atoms with van der Waals surface area (Å²) in [5, 5.41) is 10.4. The first kappa shape index (κ1) is 30.8. The second kappa shape index (κ2) is 13.3. The summed E-state index contributed by atoms with van der Waals surface area (Å²) in [7, 11) is 0. The summed E-state index contributed by atoms with van der Waals surface area (Å²) >= 11 is 0. The van der Waals surface area contributed by atoms with Gasteiger partial charge in [0.05, 0.1) is 11.6 Å². The average Bonchev–Trinajstić information content (AvgIpc) is 2.99. The van der Waals surface area contributed by atoms with Crippen LogP contribution < -0.4 is 9.64 Å². The van der Waals surface area contributed by atoms with E-state index in [0.717, 1.165) is 54.3 Å². The molecule has 42 heavy (non-hydrogen) atoms. The minimum absolute atomic E-state index is 0.0714. The van der Waals surface area contributed by atoms with E-state index in [1.54, 1.807) is 13.0 Å². The van der Waals surface area contributed by atoms with Gasteiger partial charge in [-0.1, -0.05) is 51.6 Å². The summed E-state index contributed by atoms with van der Waals surface area (Å²) < 4.78 is 12.2. The summed E-state index contributed by atoms with van der Waals surface area (Å²) in [5.41, 5.74) is 5.17. The van der Waals surface area contributed by atoms with Crippen LogP contribution in [0.3, 0.4) is 0 Å². The third-order valence-corrected chi connectivity index (χ3v) is 8.02. The van der Waals surface area contributed by atoms with Gasteiger partial charge in [0, 0.05) is 47.1 Å². The summed E-state index contributed by atoms with van der Waals surface area (Å²) in [4.78, 5) is 29.6. The quantitative estimate of drug-likeness (QED) is 0.214. The van der Waals surface area contributed by atoms with Gasteiger partial charge in [0.1, 0.15) is 17.6 Å². The van der Waals surface area contributed by atoms with Crippen molar-refractivity contribution in [2.24, 2.45) is 0 Å². The zero-order valence-corrected chi connectivity index (χ0v) is 25.6. The lowest BCUT2D eigenvalue weighted by Crippen LogP contribution is -2.34. The van der Waals surface area contributed by atoms with Crippen molar-refractivity contribution in [3.63, 3.8) is 0 Å². The summed E-state index contributed by atoms with van der Waals surface area (Å²) in [5.74, 6) is -0.142. The van der Waals surface area contributed by atoms with Crippen LogP contribution in [0.15, 0.2) is 78.1 Å². The number of carbonyl (C=O) groups is 2. The first-order chi connectivity index (χ1) is 20.2. The lowest BCUT2D eigenvalue weighted by molar-refractivity contribution is -0.144. The first-order valence-corrected chi connectivity index (χ1v) is 14.9. The molecule has 7 heteroatoms. The van der Waals surface area contributed by atoms with Crippen LogP contribution in [0.5, 0.6) is 5.75 Å². The van der Waals surface area contributed by atoms with Crippen LogP contribution >= 0.6 is 0 Å². The molecular weight excluding hydrogens is 528 g/mol. The number of nitrogens with zero attached hydrogens (tertiary/aromatic N) is 2. The normalized spacial score (nSPS) is 16.3. The van der Waals surface area contributed by atoms with E-state index in [2.05, 4.69) is 68.4 Å². The van der Waals surface area contributed by atoms with Crippen LogP contribution in [0.25, 0.3) is 5.57 Å². The fourth-order valence-corrected chi connectivity index (χ4v) is 5.66. The summed E-state index contributed by atoms with van der Waals surface area (Å²) in [6.07, 6.45) is 6.23. The van der Waals surface area contributed by atoms with Gasteiger partial charge in [-0.05, 0) is 75.7 Å². The Morgan fingerprint density at radius 3 is 2.29 bits per heavy atom. The minimum Gasteiger partial charge on any atom is -0.478 e. The van der Waals surface area contributed by atoms with E-state index in [1.165, 1.54) is 0 Å². The van der Waals surface area contributed by atoms with Crippen LogP contribution in [0.4, 0.5) is 5.69 Å². The smallest absolute Gasteiger partial charge is 0.336 e. The molecule has 2 aromatic rings. The van der Waals surface area contributed by atoms with E-state index in [0.29, 0.717) is 28.9 Å². The number of carboxylic acid groups (broad SMARTS) is 1. The van der Waals surface area contributed by atoms with Gasteiger partial charge < -0.3 is 19.5 Å². The molecule has 0 saturated heterocycles. The van der Waals surface area contributed by atoms with Gasteiger partial charge in [0.15, 0.2) is 0 Å². The molecular formula is C35H42N2O5. The Morgan fingerprint density at radius 2 is 1.69 bits per heavy atom. The fraction of sp³-hybridized carbons (Fsp3) is 0.371. The van der Waals surface area contributed by atoms with Crippen LogP contribution in [0.2, 0.25) is 0 Å². The van der Waals surface area contributed by atoms with E-state index >= 15 is 0 Å². The van der Waals surface area contributed by atoms with Gasteiger partial charge in [0.25, 0.3) is 0 Å². The van der Waals surface area contributed by atoms with Crippen LogP contribution in [-0.4, -0.2) is 54.2 Å². The minimum atomic E-state index is -1.06. The lowest BCUT2D eigenvalue weighted by atomic mass is 9.84. The van der Waals surface area contributed by atoms with Crippen molar-refractivity contribution in [2.45, 2.75) is 60.1 Å². The van der Waals surface area contributed by atoms with E-state index < -0.39 is 18.0 Å². The van der Waals surface area contributed by atoms with Crippen molar-refractivity contribution >= 4 is 23.2 Å². The number of allylic oxidation sites excluding steroid dienone is 1. The number of aromatic carboxylic acids is 1. The first-order valence-electron chi connectivity index (χ1n) is 14.9. The van der Waals surface area contributed by atoms with E-state index in [4.69, 9.17) is 9.47 Å². The highest BCUT2D eigenvalue weighted by Crippen LogP contribution is 2.46. The maximum atomic E-state index is 12.7. The maximum absolute atomic E-state index is 12.7. The van der Waals surface area contributed by atoms with Crippen molar-refractivity contribution in [2.75, 3.05) is 31.1 Å². The van der Waals surface area contributed by atoms with Crippen LogP contribution in [0, 0.1) is 0 Å². The molecule has 0 radical (unpaired) electrons. The molecule has 222 valence electrons. The number of rotatable bonds is 12. The third kappa shape index (κ3) is 6.07. The van der Waals surface area contributed by atoms with Gasteiger partial charge in [-0.25, -0.2) is 9.59 Å². The highest BCUT2D eigenvalue weighted by atomic mass is 16.5. The lowest BCUT2D eigenvalue weighted by Gasteiger charge is -2.33. The second-order valence-electron chi connectivity index (χ2n) is 10.5. The number of esters is 1. The van der Waals surface area contributed by atoms with Gasteiger partial charge in [-0.2, -0.15) is 0 Å². The number of likely N-dealkylation sites (N-methyl/N-ethyl adjacent to an activating group) is 1. The molecule has 4 rings (SSSR count). The Bertz CT molecular complexity index is 1460. The number of carbonyl (C=O) groups excluding carboxylic acids is 1. The molecule has 0 spiro atoms. The van der Waals surface area contributed by atoms with Crippen molar-refractivity contribution in [3.8, 4) is 5.75 Å². The maximum Gasteiger partial charge on any atom is 0.336 e. The Labute approximate surface area is 249 Å². The van der Waals surface area contributed by atoms with Gasteiger partial charge >= 0.3 is 11.9 Å². The number of hydrogen-bond acceptors (Lipinski definition) is 6. The molecule has 7 nitrogen and oxygen atoms in total. The van der Waals surface area contributed by atoms with Crippen molar-refractivity contribution in [3.05, 3.63) is 100 Å². The molecule has 1 N–H and O–H groups in total. The molecule has 0 saturated carbocycles. The van der Waals surface area contributed by atoms with E-state index in [1.807, 2.05) is 31.2 Å². The largest absolute Gasteiger partial charge is 0.478 e. The molecule has 2 aliphatic rings. The Hall–Kier alpha value is -4.10. The third-order valence-electron chi connectivity index (χ3n) is 8.02. The van der Waals surface area contributed by atoms with Crippen LogP contribution in [-0.2, 0) is 9.53 Å². The number of benzene rings is 2. The Balaban J connectivity index is 1.91. The number of ether oxygens (including phenoxy) is 2. The fourth-order valence-electron chi connectivity index (χ4n) is 5.66. The number of fused-ring (bicyclic) bond motifs is 2. The molecule has 2 unspecified atom stereocenters. The van der Waals surface area contributed by atoms with E-state index in [9.17, 15) is 14.7 Å². The molecule has 0 fully saturated rings. The molecule has 1 aliphatic heterocycles. The molecule has 0 aromatic heterocycles. The predicted octanol–water partition coefficient (Wildman–Crippen LogP) is 7.16. The highest BCUT2D eigenvalue weighted by Gasteiger charge is 2.31. The highest BCUT2D eigenvalue weighted by molar-refractivity contribution is 6.01. The van der Waals surface area contributed by atoms with Gasteiger partial charge in [-0.15, -0.1) is 0 Å². The van der Waals surface area contributed by atoms with Gasteiger partial charge in [-0.3, -0.25) is 4.90 Å². The number of carboxylic acids is 1. The molecule has 0 bridgehead atoms. The predicted molar refractivity (Wildman–Crippen MR) is 168 cm³/mol.